The quantitative estimate of drug-likeness (QED) is 0.247. The van der Waals surface area contributed by atoms with E-state index in [1.165, 1.54) is 16.4 Å². The molecule has 0 fully saturated rings. The highest BCUT2D eigenvalue weighted by Crippen LogP contribution is 2.17. The molecule has 0 aliphatic heterocycles. The van der Waals surface area contributed by atoms with Crippen molar-refractivity contribution in [3.63, 3.8) is 0 Å². The van der Waals surface area contributed by atoms with Crippen LogP contribution in [-0.2, 0) is 4.79 Å². The molecule has 138 valence electrons. The average molecular weight is 382 g/mol. The van der Waals surface area contributed by atoms with E-state index < -0.39 is 0 Å². The molecule has 0 aliphatic rings. The Morgan fingerprint density at radius 3 is 3.00 bits per heavy atom. The zero-order valence-electron chi connectivity index (χ0n) is 14.5. The molecule has 10 heteroatoms. The monoisotopic (exact) mass is 382 g/mol. The highest BCUT2D eigenvalue weighted by atomic mass is 32.2. The molecule has 0 aliphatic carbocycles. The first-order valence-electron chi connectivity index (χ1n) is 8.01. The smallest absolute Gasteiger partial charge is 0.264 e. The first-order chi connectivity index (χ1) is 13.1. The van der Waals surface area contributed by atoms with Crippen molar-refractivity contribution in [2.75, 3.05) is 22.3 Å². The molecule has 0 saturated heterocycles. The minimum absolute atomic E-state index is 0.155. The molecule has 0 unspecified atom stereocenters. The van der Waals surface area contributed by atoms with Crippen molar-refractivity contribution in [2.24, 2.45) is 5.10 Å². The minimum Gasteiger partial charge on any atom is -0.334 e. The van der Waals surface area contributed by atoms with E-state index in [9.17, 15) is 4.79 Å². The van der Waals surface area contributed by atoms with E-state index in [0.29, 0.717) is 5.16 Å². The normalized spacial score (nSPS) is 10.9. The summed E-state index contributed by atoms with van der Waals surface area (Å²) in [7, 11) is 0. The predicted molar refractivity (Wildman–Crippen MR) is 106 cm³/mol. The minimum atomic E-state index is -0.155. The molecule has 9 nitrogen and oxygen atoms in total. The fourth-order valence-electron chi connectivity index (χ4n) is 2.12. The first kappa shape index (κ1) is 18.4. The van der Waals surface area contributed by atoms with Gasteiger partial charge in [-0.1, -0.05) is 30.0 Å². The number of aromatic nitrogens is 4. The molecule has 0 bridgehead atoms. The van der Waals surface area contributed by atoms with Gasteiger partial charge in [0.05, 0.1) is 12.0 Å². The molecule has 1 amide bonds. The highest BCUT2D eigenvalue weighted by Gasteiger charge is 2.12. The summed E-state index contributed by atoms with van der Waals surface area (Å²) < 4.78 is 1.24. The fraction of sp³-hybridized carbons (Fsp3) is 0.118. The average Bonchev–Trinajstić information content (AvgIpc) is 3.01. The third-order valence-electron chi connectivity index (χ3n) is 3.36. The molecule has 3 aromatic rings. The summed E-state index contributed by atoms with van der Waals surface area (Å²) in [5.41, 5.74) is 5.36. The first-order valence-corrected chi connectivity index (χ1v) is 8.99. The number of nitrogens with zero attached hydrogens (tertiary/aromatic N) is 5. The van der Waals surface area contributed by atoms with Gasteiger partial charge >= 0.3 is 0 Å². The number of benzene rings is 1. The van der Waals surface area contributed by atoms with Gasteiger partial charge in [0.25, 0.3) is 5.95 Å². The molecule has 2 aromatic heterocycles. The SMILES string of the molecule is Cc1cccc(NC(=O)CSc2nnc(N/N=C/c3cccnc3)n2N)c1. The number of nitrogens with one attached hydrogen (secondary N) is 2. The van der Waals surface area contributed by atoms with Crippen LogP contribution in [0.4, 0.5) is 11.6 Å². The van der Waals surface area contributed by atoms with Crippen LogP contribution < -0.4 is 16.6 Å². The van der Waals surface area contributed by atoms with Crippen LogP contribution in [0, 0.1) is 6.92 Å². The third kappa shape index (κ3) is 5.28. The number of hydrogen-bond donors (Lipinski definition) is 3. The Kier molecular flexibility index (Phi) is 6.00. The van der Waals surface area contributed by atoms with Gasteiger partial charge in [-0.15, -0.1) is 10.2 Å². The van der Waals surface area contributed by atoms with E-state index in [1.54, 1.807) is 18.6 Å². The van der Waals surface area contributed by atoms with E-state index in [1.807, 2.05) is 43.3 Å². The summed E-state index contributed by atoms with van der Waals surface area (Å²) in [6.07, 6.45) is 4.94. The van der Waals surface area contributed by atoms with Gasteiger partial charge in [-0.2, -0.15) is 5.10 Å². The van der Waals surface area contributed by atoms with Crippen molar-refractivity contribution in [1.29, 1.82) is 0 Å². The molecule has 2 heterocycles. The van der Waals surface area contributed by atoms with Gasteiger partial charge in [0, 0.05) is 23.6 Å². The number of aryl methyl sites for hydroxylation is 1. The number of carbonyl (C=O) groups excluding carboxylic acids is 1. The lowest BCUT2D eigenvalue weighted by Crippen LogP contribution is -2.16. The Bertz CT molecular complexity index is 941. The van der Waals surface area contributed by atoms with Crippen LogP contribution in [0.15, 0.2) is 59.0 Å². The second-order valence-corrected chi connectivity index (χ2v) is 6.48. The fourth-order valence-corrected chi connectivity index (χ4v) is 2.78. The van der Waals surface area contributed by atoms with Crippen molar-refractivity contribution in [1.82, 2.24) is 19.9 Å². The van der Waals surface area contributed by atoms with Gasteiger partial charge in [0.15, 0.2) is 0 Å². The number of nitrogens with two attached hydrogens (primary N) is 1. The lowest BCUT2D eigenvalue weighted by molar-refractivity contribution is -0.113. The molecule has 0 atom stereocenters. The Labute approximate surface area is 160 Å². The van der Waals surface area contributed by atoms with Gasteiger partial charge in [-0.05, 0) is 30.7 Å². The zero-order chi connectivity index (χ0) is 19.1. The van der Waals surface area contributed by atoms with Gasteiger partial charge in [-0.3, -0.25) is 9.78 Å². The number of hydrogen-bond acceptors (Lipinski definition) is 8. The second-order valence-electron chi connectivity index (χ2n) is 5.54. The van der Waals surface area contributed by atoms with Crippen molar-refractivity contribution in [2.45, 2.75) is 12.1 Å². The van der Waals surface area contributed by atoms with Gasteiger partial charge in [0.1, 0.15) is 0 Å². The van der Waals surface area contributed by atoms with E-state index >= 15 is 0 Å². The van der Waals surface area contributed by atoms with Crippen LogP contribution in [0.25, 0.3) is 0 Å². The molecule has 4 N–H and O–H groups in total. The number of carbonyl (C=O) groups is 1. The summed E-state index contributed by atoms with van der Waals surface area (Å²) in [5, 5.41) is 15.1. The van der Waals surface area contributed by atoms with Gasteiger partial charge in [0.2, 0.25) is 11.1 Å². The summed E-state index contributed by atoms with van der Waals surface area (Å²) in [4.78, 5) is 16.1. The molecule has 27 heavy (non-hydrogen) atoms. The maximum Gasteiger partial charge on any atom is 0.264 e. The van der Waals surface area contributed by atoms with Crippen LogP contribution in [-0.4, -0.2) is 37.7 Å². The maximum atomic E-state index is 12.1. The van der Waals surface area contributed by atoms with Gasteiger partial charge in [-0.25, -0.2) is 10.1 Å². The van der Waals surface area contributed by atoms with Crippen molar-refractivity contribution in [3.05, 3.63) is 59.9 Å². The van der Waals surface area contributed by atoms with Crippen LogP contribution in [0.1, 0.15) is 11.1 Å². The second kappa shape index (κ2) is 8.81. The number of anilines is 2. The molecule has 3 rings (SSSR count). The van der Waals surface area contributed by atoms with Crippen molar-refractivity contribution < 1.29 is 4.79 Å². The molecule has 0 spiro atoms. The molecular weight excluding hydrogens is 364 g/mol. The Morgan fingerprint density at radius 2 is 2.22 bits per heavy atom. The molecule has 1 aromatic carbocycles. The van der Waals surface area contributed by atoms with E-state index in [4.69, 9.17) is 5.84 Å². The number of rotatable bonds is 7. The zero-order valence-corrected chi connectivity index (χ0v) is 15.3. The van der Waals surface area contributed by atoms with Crippen LogP contribution in [0.2, 0.25) is 0 Å². The Hall–Kier alpha value is -3.40. The van der Waals surface area contributed by atoms with Gasteiger partial charge < -0.3 is 11.2 Å². The summed E-state index contributed by atoms with van der Waals surface area (Å²) in [6, 6.07) is 11.3. The highest BCUT2D eigenvalue weighted by molar-refractivity contribution is 7.99. The Morgan fingerprint density at radius 1 is 1.33 bits per heavy atom. The van der Waals surface area contributed by atoms with Crippen molar-refractivity contribution in [3.8, 4) is 0 Å². The number of hydrazone groups is 1. The number of nitrogen functional groups attached to an aromatic ring is 1. The van der Waals surface area contributed by atoms with Crippen LogP contribution in [0.3, 0.4) is 0 Å². The number of amides is 1. The number of thioether (sulfide) groups is 1. The molecule has 0 radical (unpaired) electrons. The molecular formula is C17H18N8OS. The largest absolute Gasteiger partial charge is 0.334 e. The van der Waals surface area contributed by atoms with Crippen molar-refractivity contribution >= 4 is 35.5 Å². The molecule has 0 saturated carbocycles. The lowest BCUT2D eigenvalue weighted by atomic mass is 10.2. The van der Waals surface area contributed by atoms with E-state index in [2.05, 4.69) is 31.0 Å². The van der Waals surface area contributed by atoms with E-state index in [0.717, 1.165) is 16.8 Å². The maximum absolute atomic E-state index is 12.1. The topological polar surface area (TPSA) is 123 Å². The predicted octanol–water partition coefficient (Wildman–Crippen LogP) is 1.87. The van der Waals surface area contributed by atoms with Crippen LogP contribution in [0.5, 0.6) is 0 Å². The van der Waals surface area contributed by atoms with Crippen LogP contribution >= 0.6 is 11.8 Å². The number of pyridine rings is 1. The lowest BCUT2D eigenvalue weighted by Gasteiger charge is -2.06. The summed E-state index contributed by atoms with van der Waals surface area (Å²) in [5.74, 6) is 6.19. The Balaban J connectivity index is 1.52. The standard InChI is InChI=1S/C17H18N8OS/c1-12-4-2-6-14(8-12)21-15(26)11-27-17-24-23-16(25(17)18)22-20-10-13-5-3-7-19-9-13/h2-10H,11,18H2,1H3,(H,21,26)(H,22,23)/b20-10+. The third-order valence-corrected chi connectivity index (χ3v) is 4.30. The summed E-state index contributed by atoms with van der Waals surface area (Å²) >= 11 is 1.18. The van der Waals surface area contributed by atoms with E-state index in [-0.39, 0.29) is 17.6 Å². The summed E-state index contributed by atoms with van der Waals surface area (Å²) in [6.45, 7) is 1.96.